The van der Waals surface area contributed by atoms with Gasteiger partial charge in [0, 0.05) is 24.5 Å². The number of nitrogens with two attached hydrogens (primary N) is 1. The van der Waals surface area contributed by atoms with Crippen LogP contribution in [-0.2, 0) is 36.1 Å². The quantitative estimate of drug-likeness (QED) is 0.640. The first-order valence-corrected chi connectivity index (χ1v) is 10.3. The third kappa shape index (κ3) is 5.25. The second-order valence-electron chi connectivity index (χ2n) is 6.48. The van der Waals surface area contributed by atoms with Crippen LogP contribution in [0.25, 0.3) is 0 Å². The fraction of sp³-hybridized carbons (Fsp3) is 0.200. The summed E-state index contributed by atoms with van der Waals surface area (Å²) in [5.74, 6) is 5.93. The molecule has 0 bridgehead atoms. The minimum Gasteiger partial charge on any atom is -0.271 e. The summed E-state index contributed by atoms with van der Waals surface area (Å²) >= 11 is 0. The largest absolute Gasteiger partial charge is 0.417 e. The summed E-state index contributed by atoms with van der Waals surface area (Å²) in [5, 5.41) is 9.25. The van der Waals surface area contributed by atoms with Gasteiger partial charge in [-0.05, 0) is 49.2 Å². The van der Waals surface area contributed by atoms with Crippen molar-refractivity contribution < 1.29 is 21.6 Å². The van der Waals surface area contributed by atoms with E-state index in [1.54, 1.807) is 30.1 Å². The van der Waals surface area contributed by atoms with Crippen LogP contribution >= 0.6 is 0 Å². The first-order valence-electron chi connectivity index (χ1n) is 8.72. The van der Waals surface area contributed by atoms with Gasteiger partial charge in [0.1, 0.15) is 0 Å². The third-order valence-corrected chi connectivity index (χ3v) is 5.29. The number of hydrogen-bond donors (Lipinski definition) is 1. The van der Waals surface area contributed by atoms with Crippen molar-refractivity contribution in [3.05, 3.63) is 76.9 Å². The number of hydrogen-bond acceptors (Lipinski definition) is 4. The molecule has 0 amide bonds. The van der Waals surface area contributed by atoms with Crippen LogP contribution in [0.4, 0.5) is 13.2 Å². The molecule has 0 saturated heterocycles. The van der Waals surface area contributed by atoms with Crippen LogP contribution in [0.15, 0.2) is 53.7 Å². The van der Waals surface area contributed by atoms with Crippen molar-refractivity contribution in [1.82, 2.24) is 14.8 Å². The molecule has 30 heavy (non-hydrogen) atoms. The van der Waals surface area contributed by atoms with Gasteiger partial charge in [0.25, 0.3) is 0 Å². The lowest BCUT2D eigenvalue weighted by molar-refractivity contribution is -0.137. The van der Waals surface area contributed by atoms with Crippen molar-refractivity contribution in [3.63, 3.8) is 0 Å². The van der Waals surface area contributed by atoms with Gasteiger partial charge in [-0.15, -0.1) is 0 Å². The number of alkyl halides is 3. The monoisotopic (exact) mass is 434 g/mol. The van der Waals surface area contributed by atoms with Crippen LogP contribution in [0.3, 0.4) is 0 Å². The summed E-state index contributed by atoms with van der Waals surface area (Å²) in [7, 11) is -2.01. The molecule has 0 saturated carbocycles. The highest BCUT2D eigenvalue weighted by Gasteiger charge is 2.30. The molecule has 0 spiro atoms. The van der Waals surface area contributed by atoms with Crippen molar-refractivity contribution in [3.8, 4) is 11.8 Å². The van der Waals surface area contributed by atoms with Crippen molar-refractivity contribution in [1.29, 1.82) is 0 Å². The van der Waals surface area contributed by atoms with Gasteiger partial charge in [0.2, 0.25) is 10.0 Å². The molecule has 1 aromatic carbocycles. The van der Waals surface area contributed by atoms with Gasteiger partial charge in [-0.1, -0.05) is 11.8 Å². The SMILES string of the molecule is Cn1ncc(C#Cc2ccc(S(N)(=O)=O)cc2)c1CCc1ccc(C(F)(F)F)cn1. The molecule has 0 aliphatic heterocycles. The second kappa shape index (κ2) is 8.30. The molecule has 156 valence electrons. The minimum absolute atomic E-state index is 0.000779. The van der Waals surface area contributed by atoms with E-state index in [4.69, 9.17) is 5.14 Å². The number of nitrogens with zero attached hydrogens (tertiary/aromatic N) is 3. The van der Waals surface area contributed by atoms with Gasteiger partial charge in [-0.3, -0.25) is 9.67 Å². The molecule has 10 heteroatoms. The number of rotatable bonds is 4. The van der Waals surface area contributed by atoms with Gasteiger partial charge in [0.15, 0.2) is 0 Å². The maximum absolute atomic E-state index is 12.6. The number of sulfonamides is 1. The zero-order chi connectivity index (χ0) is 21.9. The Morgan fingerprint density at radius 3 is 2.30 bits per heavy atom. The number of primary sulfonamides is 1. The van der Waals surface area contributed by atoms with E-state index in [0.717, 1.165) is 18.0 Å². The molecular formula is C20H17F3N4O2S. The summed E-state index contributed by atoms with van der Waals surface area (Å²) in [6.07, 6.45) is -1.08. The van der Waals surface area contributed by atoms with E-state index in [1.165, 1.54) is 18.2 Å². The van der Waals surface area contributed by atoms with Gasteiger partial charge in [0.05, 0.1) is 27.9 Å². The Morgan fingerprint density at radius 1 is 1.03 bits per heavy atom. The van der Waals surface area contributed by atoms with Crippen molar-refractivity contribution in [2.75, 3.05) is 0 Å². The Balaban J connectivity index is 1.74. The van der Waals surface area contributed by atoms with E-state index < -0.39 is 21.8 Å². The highest BCUT2D eigenvalue weighted by atomic mass is 32.2. The molecule has 0 aliphatic carbocycles. The molecule has 3 rings (SSSR count). The van der Waals surface area contributed by atoms with E-state index in [2.05, 4.69) is 21.9 Å². The van der Waals surface area contributed by atoms with Crippen molar-refractivity contribution in [2.45, 2.75) is 23.9 Å². The molecule has 6 nitrogen and oxygen atoms in total. The summed E-state index contributed by atoms with van der Waals surface area (Å²) in [6.45, 7) is 0. The number of pyridine rings is 1. The van der Waals surface area contributed by atoms with E-state index in [0.29, 0.717) is 29.7 Å². The highest BCUT2D eigenvalue weighted by molar-refractivity contribution is 7.89. The molecule has 2 N–H and O–H groups in total. The molecule has 0 unspecified atom stereocenters. The minimum atomic E-state index is -4.41. The maximum Gasteiger partial charge on any atom is 0.417 e. The average Bonchev–Trinajstić information content (AvgIpc) is 3.03. The maximum atomic E-state index is 12.6. The summed E-state index contributed by atoms with van der Waals surface area (Å²) in [4.78, 5) is 3.88. The van der Waals surface area contributed by atoms with Crippen molar-refractivity contribution in [2.24, 2.45) is 12.2 Å². The van der Waals surface area contributed by atoms with Crippen LogP contribution < -0.4 is 5.14 Å². The predicted octanol–water partition coefficient (Wildman–Crippen LogP) is 2.67. The van der Waals surface area contributed by atoms with Gasteiger partial charge in [-0.2, -0.15) is 18.3 Å². The third-order valence-electron chi connectivity index (χ3n) is 4.36. The Hall–Kier alpha value is -3.16. The van der Waals surface area contributed by atoms with Gasteiger partial charge in [-0.25, -0.2) is 13.6 Å². The number of benzene rings is 1. The Morgan fingerprint density at radius 2 is 1.73 bits per heavy atom. The predicted molar refractivity (Wildman–Crippen MR) is 104 cm³/mol. The lowest BCUT2D eigenvalue weighted by atomic mass is 10.1. The normalized spacial score (nSPS) is 11.8. The van der Waals surface area contributed by atoms with Crippen LogP contribution in [-0.4, -0.2) is 23.2 Å². The molecule has 2 heterocycles. The Labute approximate surface area is 171 Å². The van der Waals surface area contributed by atoms with Crippen LogP contribution in [0.2, 0.25) is 0 Å². The topological polar surface area (TPSA) is 90.9 Å². The summed E-state index contributed by atoms with van der Waals surface area (Å²) in [5.41, 5.74) is 1.82. The average molecular weight is 434 g/mol. The molecule has 3 aromatic rings. The Kier molecular flexibility index (Phi) is 5.96. The number of halogens is 3. The van der Waals surface area contributed by atoms with Gasteiger partial charge < -0.3 is 0 Å². The van der Waals surface area contributed by atoms with Crippen molar-refractivity contribution >= 4 is 10.0 Å². The fourth-order valence-corrected chi connectivity index (χ4v) is 3.23. The van der Waals surface area contributed by atoms with E-state index in [1.807, 2.05) is 0 Å². The summed E-state index contributed by atoms with van der Waals surface area (Å²) < 4.78 is 62.2. The molecule has 0 atom stereocenters. The van der Waals surface area contributed by atoms with Gasteiger partial charge >= 0.3 is 6.18 Å². The standard InChI is InChI=1S/C20H17F3N4O2S/c1-27-19(11-8-17-7-6-16(13-25-17)20(21,22)23)15(12-26-27)5-2-14-3-9-18(10-4-14)30(24,28)29/h3-4,6-7,9-10,12-13H,8,11H2,1H3,(H2,24,28,29). The van der Waals surface area contributed by atoms with Crippen LogP contribution in [0.1, 0.15) is 28.1 Å². The molecule has 2 aromatic heterocycles. The highest BCUT2D eigenvalue weighted by Crippen LogP contribution is 2.28. The van der Waals surface area contributed by atoms with Crippen LogP contribution in [0.5, 0.6) is 0 Å². The molecule has 0 aliphatic rings. The zero-order valence-electron chi connectivity index (χ0n) is 15.8. The fourth-order valence-electron chi connectivity index (χ4n) is 2.72. The molecule has 0 radical (unpaired) electrons. The first-order chi connectivity index (χ1) is 14.0. The molecule has 0 fully saturated rings. The lowest BCUT2D eigenvalue weighted by Crippen LogP contribution is -2.11. The smallest absolute Gasteiger partial charge is 0.271 e. The lowest BCUT2D eigenvalue weighted by Gasteiger charge is -2.07. The van der Waals surface area contributed by atoms with E-state index >= 15 is 0 Å². The van der Waals surface area contributed by atoms with Crippen LogP contribution in [0, 0.1) is 11.8 Å². The Bertz CT molecular complexity index is 1200. The number of aromatic nitrogens is 3. The van der Waals surface area contributed by atoms with E-state index in [-0.39, 0.29) is 4.90 Å². The molecular weight excluding hydrogens is 417 g/mol. The zero-order valence-corrected chi connectivity index (χ0v) is 16.6. The summed E-state index contributed by atoms with van der Waals surface area (Å²) in [6, 6.07) is 8.22. The van der Waals surface area contributed by atoms with E-state index in [9.17, 15) is 21.6 Å². The second-order valence-corrected chi connectivity index (χ2v) is 8.05. The number of aryl methyl sites for hydroxylation is 2. The first kappa shape index (κ1) is 21.5.